The number of rotatable bonds is 1. The first-order valence-corrected chi connectivity index (χ1v) is 5.69. The third kappa shape index (κ3) is 1.44. The molecule has 2 aromatic rings. The van der Waals surface area contributed by atoms with Crippen molar-refractivity contribution in [3.8, 4) is 0 Å². The zero-order chi connectivity index (χ0) is 12.0. The molecule has 0 amide bonds. The zero-order valence-corrected chi connectivity index (χ0v) is 9.19. The fourth-order valence-electron chi connectivity index (χ4n) is 2.66. The summed E-state index contributed by atoms with van der Waals surface area (Å²) in [5, 5.41) is 9.70. The predicted molar refractivity (Wildman–Crippen MR) is 61.5 cm³/mol. The van der Waals surface area contributed by atoms with Crippen molar-refractivity contribution >= 4 is 16.9 Å². The Morgan fingerprint density at radius 1 is 1.47 bits per heavy atom. The van der Waals surface area contributed by atoms with E-state index < -0.39 is 11.9 Å². The SMILES string of the molecule is O=C(O)C1CCCn2c1cc1c(F)cccc12. The lowest BCUT2D eigenvalue weighted by Crippen LogP contribution is -2.21. The van der Waals surface area contributed by atoms with Gasteiger partial charge in [-0.25, -0.2) is 4.39 Å². The fourth-order valence-corrected chi connectivity index (χ4v) is 2.66. The molecule has 0 aliphatic carbocycles. The third-order valence-corrected chi connectivity index (χ3v) is 3.45. The summed E-state index contributed by atoms with van der Waals surface area (Å²) in [7, 11) is 0. The van der Waals surface area contributed by atoms with Crippen LogP contribution in [0.25, 0.3) is 10.9 Å². The number of hydrogen-bond acceptors (Lipinski definition) is 1. The first-order chi connectivity index (χ1) is 8.18. The molecule has 88 valence electrons. The van der Waals surface area contributed by atoms with Crippen LogP contribution in [-0.2, 0) is 11.3 Å². The molecule has 3 rings (SSSR count). The Balaban J connectivity index is 2.28. The number of nitrogens with zero attached hydrogens (tertiary/aromatic N) is 1. The van der Waals surface area contributed by atoms with E-state index in [1.54, 1.807) is 12.1 Å². The van der Waals surface area contributed by atoms with Crippen LogP contribution in [-0.4, -0.2) is 15.6 Å². The molecule has 1 aromatic carbocycles. The maximum absolute atomic E-state index is 13.6. The zero-order valence-electron chi connectivity index (χ0n) is 9.19. The van der Waals surface area contributed by atoms with Gasteiger partial charge in [-0.05, 0) is 31.0 Å². The number of hydrogen-bond donors (Lipinski definition) is 1. The highest BCUT2D eigenvalue weighted by molar-refractivity contribution is 5.85. The van der Waals surface area contributed by atoms with Crippen LogP contribution in [0.5, 0.6) is 0 Å². The smallest absolute Gasteiger partial charge is 0.312 e. The molecule has 3 nitrogen and oxygen atoms in total. The Morgan fingerprint density at radius 2 is 2.29 bits per heavy atom. The molecule has 1 aliphatic heterocycles. The van der Waals surface area contributed by atoms with Crippen LogP contribution >= 0.6 is 0 Å². The minimum atomic E-state index is -0.825. The minimum Gasteiger partial charge on any atom is -0.481 e. The fraction of sp³-hybridized carbons (Fsp3) is 0.308. The first kappa shape index (κ1) is 10.3. The Bertz CT molecular complexity index is 603. The molecule has 1 aromatic heterocycles. The maximum atomic E-state index is 13.6. The van der Waals surface area contributed by atoms with Crippen LogP contribution in [0.4, 0.5) is 4.39 Å². The van der Waals surface area contributed by atoms with Gasteiger partial charge in [-0.1, -0.05) is 6.07 Å². The largest absolute Gasteiger partial charge is 0.481 e. The van der Waals surface area contributed by atoms with Crippen molar-refractivity contribution in [1.29, 1.82) is 0 Å². The monoisotopic (exact) mass is 233 g/mol. The number of carboxylic acid groups (broad SMARTS) is 1. The van der Waals surface area contributed by atoms with Gasteiger partial charge in [0.25, 0.3) is 0 Å². The van der Waals surface area contributed by atoms with Gasteiger partial charge in [-0.2, -0.15) is 0 Å². The van der Waals surface area contributed by atoms with E-state index in [0.29, 0.717) is 11.8 Å². The summed E-state index contributed by atoms with van der Waals surface area (Å²) < 4.78 is 15.6. The standard InChI is InChI=1S/C13H12FNO2/c14-10-4-1-5-11-9(10)7-12-8(13(16)17)3-2-6-15(11)12/h1,4-5,7-8H,2-3,6H2,(H,16,17). The summed E-state index contributed by atoms with van der Waals surface area (Å²) in [6, 6.07) is 6.59. The van der Waals surface area contributed by atoms with Crippen molar-refractivity contribution in [1.82, 2.24) is 4.57 Å². The van der Waals surface area contributed by atoms with Gasteiger partial charge >= 0.3 is 5.97 Å². The average Bonchev–Trinajstić information content (AvgIpc) is 2.69. The molecule has 0 fully saturated rings. The van der Waals surface area contributed by atoms with Gasteiger partial charge in [0.05, 0.1) is 11.4 Å². The molecule has 1 N–H and O–H groups in total. The highest BCUT2D eigenvalue weighted by Gasteiger charge is 2.28. The van der Waals surface area contributed by atoms with Gasteiger partial charge in [-0.3, -0.25) is 4.79 Å². The van der Waals surface area contributed by atoms with E-state index >= 15 is 0 Å². The Morgan fingerprint density at radius 3 is 3.06 bits per heavy atom. The van der Waals surface area contributed by atoms with Crippen LogP contribution in [0.15, 0.2) is 24.3 Å². The number of aryl methyl sites for hydroxylation is 1. The normalized spacial score (nSPS) is 19.2. The number of carboxylic acids is 1. The molecule has 1 unspecified atom stereocenters. The Kier molecular flexibility index (Phi) is 2.18. The van der Waals surface area contributed by atoms with Crippen molar-refractivity contribution in [3.05, 3.63) is 35.8 Å². The van der Waals surface area contributed by atoms with Crippen LogP contribution in [0, 0.1) is 5.82 Å². The molecule has 0 bridgehead atoms. The van der Waals surface area contributed by atoms with Crippen LogP contribution < -0.4 is 0 Å². The van der Waals surface area contributed by atoms with Crippen molar-refractivity contribution in [2.24, 2.45) is 0 Å². The summed E-state index contributed by atoms with van der Waals surface area (Å²) in [5.74, 6) is -1.61. The molecular formula is C13H12FNO2. The van der Waals surface area contributed by atoms with E-state index in [2.05, 4.69) is 0 Å². The highest BCUT2D eigenvalue weighted by Crippen LogP contribution is 2.33. The molecule has 0 saturated carbocycles. The molecule has 2 heterocycles. The Hall–Kier alpha value is -1.84. The molecule has 4 heteroatoms. The molecule has 0 radical (unpaired) electrons. The van der Waals surface area contributed by atoms with Crippen molar-refractivity contribution in [2.45, 2.75) is 25.3 Å². The van der Waals surface area contributed by atoms with Crippen LogP contribution in [0.3, 0.4) is 0 Å². The molecule has 0 spiro atoms. The lowest BCUT2D eigenvalue weighted by molar-refractivity contribution is -0.139. The minimum absolute atomic E-state index is 0.284. The highest BCUT2D eigenvalue weighted by atomic mass is 19.1. The van der Waals surface area contributed by atoms with E-state index in [1.807, 2.05) is 10.6 Å². The number of aromatic nitrogens is 1. The number of carbonyl (C=O) groups is 1. The van der Waals surface area contributed by atoms with Gasteiger partial charge in [-0.15, -0.1) is 0 Å². The number of benzene rings is 1. The third-order valence-electron chi connectivity index (χ3n) is 3.45. The number of fused-ring (bicyclic) bond motifs is 3. The average molecular weight is 233 g/mol. The first-order valence-electron chi connectivity index (χ1n) is 5.69. The lowest BCUT2D eigenvalue weighted by atomic mass is 9.96. The summed E-state index contributed by atoms with van der Waals surface area (Å²) in [4.78, 5) is 11.2. The van der Waals surface area contributed by atoms with Crippen LogP contribution in [0.2, 0.25) is 0 Å². The molecule has 1 atom stereocenters. The summed E-state index contributed by atoms with van der Waals surface area (Å²) in [5.41, 5.74) is 1.52. The Labute approximate surface area is 97.5 Å². The summed E-state index contributed by atoms with van der Waals surface area (Å²) in [6.07, 6.45) is 1.46. The molecular weight excluding hydrogens is 221 g/mol. The second kappa shape index (κ2) is 3.58. The summed E-state index contributed by atoms with van der Waals surface area (Å²) >= 11 is 0. The van der Waals surface area contributed by atoms with Gasteiger partial charge in [0, 0.05) is 17.6 Å². The second-order valence-corrected chi connectivity index (χ2v) is 4.43. The molecule has 17 heavy (non-hydrogen) atoms. The molecule has 0 saturated heterocycles. The second-order valence-electron chi connectivity index (χ2n) is 4.43. The lowest BCUT2D eigenvalue weighted by Gasteiger charge is -2.22. The number of aliphatic carboxylic acids is 1. The van der Waals surface area contributed by atoms with E-state index in [4.69, 9.17) is 0 Å². The van der Waals surface area contributed by atoms with Crippen molar-refractivity contribution in [2.75, 3.05) is 0 Å². The molecule has 1 aliphatic rings. The van der Waals surface area contributed by atoms with E-state index in [9.17, 15) is 14.3 Å². The quantitative estimate of drug-likeness (QED) is 0.822. The topological polar surface area (TPSA) is 42.2 Å². The van der Waals surface area contributed by atoms with Crippen molar-refractivity contribution in [3.63, 3.8) is 0 Å². The van der Waals surface area contributed by atoms with Crippen LogP contribution in [0.1, 0.15) is 24.5 Å². The van der Waals surface area contributed by atoms with Crippen molar-refractivity contribution < 1.29 is 14.3 Å². The number of halogens is 1. The van der Waals surface area contributed by atoms with E-state index in [-0.39, 0.29) is 5.82 Å². The van der Waals surface area contributed by atoms with Gasteiger partial charge in [0.2, 0.25) is 0 Å². The van der Waals surface area contributed by atoms with Gasteiger partial charge in [0.15, 0.2) is 0 Å². The predicted octanol–water partition coefficient (Wildman–Crippen LogP) is 2.74. The van der Waals surface area contributed by atoms with Gasteiger partial charge < -0.3 is 9.67 Å². The summed E-state index contributed by atoms with van der Waals surface area (Å²) in [6.45, 7) is 0.770. The van der Waals surface area contributed by atoms with E-state index in [0.717, 1.165) is 24.2 Å². The maximum Gasteiger partial charge on any atom is 0.312 e. The van der Waals surface area contributed by atoms with Gasteiger partial charge in [0.1, 0.15) is 5.82 Å². The van der Waals surface area contributed by atoms with E-state index in [1.165, 1.54) is 6.07 Å².